The van der Waals surface area contributed by atoms with Crippen molar-refractivity contribution in [2.75, 3.05) is 50.6 Å². The van der Waals surface area contributed by atoms with E-state index in [2.05, 4.69) is 76.7 Å². The highest BCUT2D eigenvalue weighted by atomic mass is 32.2. The number of rotatable bonds is 5. The molecule has 6 rings (SSSR count). The van der Waals surface area contributed by atoms with Crippen LogP contribution < -0.4 is 15.8 Å². The number of aromatic amines is 1. The third kappa shape index (κ3) is 5.43. The summed E-state index contributed by atoms with van der Waals surface area (Å²) >= 11 is 3.62. The van der Waals surface area contributed by atoms with Crippen molar-refractivity contribution in [2.24, 2.45) is 0 Å². The van der Waals surface area contributed by atoms with Gasteiger partial charge in [0.25, 0.3) is 0 Å². The first-order chi connectivity index (χ1) is 18.0. The van der Waals surface area contributed by atoms with E-state index in [0.717, 1.165) is 30.0 Å². The quantitative estimate of drug-likeness (QED) is 0.337. The zero-order chi connectivity index (χ0) is 25.4. The van der Waals surface area contributed by atoms with Crippen LogP contribution in [0.15, 0.2) is 72.9 Å². The number of hydrogen-bond acceptors (Lipinski definition) is 7. The summed E-state index contributed by atoms with van der Waals surface area (Å²) in [5.41, 5.74) is 4.05. The summed E-state index contributed by atoms with van der Waals surface area (Å²) in [4.78, 5) is 25.3. The molecule has 3 heterocycles. The lowest BCUT2D eigenvalue weighted by Crippen LogP contribution is -2.36. The van der Waals surface area contributed by atoms with Gasteiger partial charge >= 0.3 is 0 Å². The monoisotopic (exact) mass is 534 g/mol. The second-order valence-corrected chi connectivity index (χ2v) is 12.5. The maximum absolute atomic E-state index is 12.6. The van der Waals surface area contributed by atoms with Gasteiger partial charge in [-0.05, 0) is 70.1 Å². The van der Waals surface area contributed by atoms with E-state index in [1.165, 1.54) is 51.0 Å². The van der Waals surface area contributed by atoms with Gasteiger partial charge in [-0.15, -0.1) is 0 Å². The predicted octanol–water partition coefficient (Wildman–Crippen LogP) is 5.78. The molecule has 2 aromatic carbocycles. The van der Waals surface area contributed by atoms with Crippen molar-refractivity contribution in [3.63, 3.8) is 0 Å². The zero-order valence-corrected chi connectivity index (χ0v) is 23.1. The molecular formula is C29H34N4O2S2. The van der Waals surface area contributed by atoms with Crippen LogP contribution in [-0.4, -0.2) is 62.4 Å². The second kappa shape index (κ2) is 10.8. The molecule has 194 valence electrons. The summed E-state index contributed by atoms with van der Waals surface area (Å²) < 4.78 is 5.50. The molecule has 0 unspecified atom stereocenters. The van der Waals surface area contributed by atoms with E-state index in [1.807, 2.05) is 11.8 Å². The van der Waals surface area contributed by atoms with Crippen LogP contribution in [0.3, 0.4) is 0 Å². The van der Waals surface area contributed by atoms with Gasteiger partial charge in [-0.1, -0.05) is 35.7 Å². The van der Waals surface area contributed by atoms with Crippen LogP contribution >= 0.6 is 23.5 Å². The Bertz CT molecular complexity index is 1330. The fourth-order valence-electron chi connectivity index (χ4n) is 5.55. The Kier molecular flexibility index (Phi) is 7.25. The van der Waals surface area contributed by atoms with E-state index in [9.17, 15) is 4.79 Å². The highest BCUT2D eigenvalue weighted by molar-refractivity contribution is 8.05. The largest absolute Gasteiger partial charge is 0.382 e. The van der Waals surface area contributed by atoms with Gasteiger partial charge in [0.2, 0.25) is 5.56 Å². The summed E-state index contributed by atoms with van der Waals surface area (Å²) in [7, 11) is 4.39. The number of ether oxygens (including phenoxy) is 1. The molecule has 37 heavy (non-hydrogen) atoms. The van der Waals surface area contributed by atoms with E-state index < -0.39 is 0 Å². The number of nitrogens with zero attached hydrogens (tertiary/aromatic N) is 2. The molecule has 1 aliphatic carbocycles. The lowest BCUT2D eigenvalue weighted by atomic mass is 9.90. The maximum atomic E-state index is 12.6. The van der Waals surface area contributed by atoms with Crippen LogP contribution in [0.1, 0.15) is 25.7 Å². The number of pyridine rings is 1. The lowest BCUT2D eigenvalue weighted by molar-refractivity contribution is 0.122. The SMILES string of the molecule is CN(C)C1CCC(Nc2ccc3c(c2)Sc2cccc(-c4cc(N5CCOCC5)cc(=O)[nH]4)c2S3)CC1. The van der Waals surface area contributed by atoms with Crippen molar-refractivity contribution in [2.45, 2.75) is 57.3 Å². The predicted molar refractivity (Wildman–Crippen MR) is 154 cm³/mol. The van der Waals surface area contributed by atoms with Crippen LogP contribution in [0.25, 0.3) is 11.3 Å². The van der Waals surface area contributed by atoms with E-state index in [-0.39, 0.29) is 5.56 Å². The molecule has 0 spiro atoms. The number of benzene rings is 2. The fourth-order valence-corrected chi connectivity index (χ4v) is 7.97. The van der Waals surface area contributed by atoms with Gasteiger partial charge in [0.05, 0.1) is 18.9 Å². The Hall–Kier alpha value is -2.39. The highest BCUT2D eigenvalue weighted by Gasteiger charge is 2.24. The van der Waals surface area contributed by atoms with Crippen molar-refractivity contribution >= 4 is 34.9 Å². The van der Waals surface area contributed by atoms with Crippen molar-refractivity contribution in [3.05, 3.63) is 58.9 Å². The fraction of sp³-hybridized carbons (Fsp3) is 0.414. The normalized spacial score (nSPS) is 21.4. The summed E-state index contributed by atoms with van der Waals surface area (Å²) in [5.74, 6) is 0. The summed E-state index contributed by atoms with van der Waals surface area (Å²) in [6, 6.07) is 18.2. The third-order valence-electron chi connectivity index (χ3n) is 7.65. The first-order valence-electron chi connectivity index (χ1n) is 13.2. The molecule has 0 amide bonds. The maximum Gasteiger partial charge on any atom is 0.250 e. The molecule has 0 atom stereocenters. The van der Waals surface area contributed by atoms with Gasteiger partial charge in [-0.25, -0.2) is 0 Å². The lowest BCUT2D eigenvalue weighted by Gasteiger charge is -2.33. The molecule has 2 N–H and O–H groups in total. The summed E-state index contributed by atoms with van der Waals surface area (Å²) in [5, 5.41) is 3.80. The first-order valence-corrected chi connectivity index (χ1v) is 14.8. The van der Waals surface area contributed by atoms with Crippen molar-refractivity contribution in [1.82, 2.24) is 9.88 Å². The molecular weight excluding hydrogens is 500 g/mol. The van der Waals surface area contributed by atoms with E-state index in [4.69, 9.17) is 4.74 Å². The standard InChI is InChI=1S/C29H34N4O2S2/c1-32(2)21-9-6-19(7-10-21)30-20-8-11-25-27(16-20)36-26-5-3-4-23(29(26)37-25)24-17-22(18-28(34)31-24)33-12-14-35-15-13-33/h3-5,8,11,16-19,21,30H,6-7,9-10,12-15H2,1-2H3,(H,31,34). The van der Waals surface area contributed by atoms with Crippen molar-refractivity contribution in [3.8, 4) is 11.3 Å². The molecule has 1 saturated heterocycles. The minimum absolute atomic E-state index is 0.0687. The number of morpholine rings is 1. The molecule has 3 aliphatic rings. The Balaban J connectivity index is 1.22. The number of nitrogens with one attached hydrogen (secondary N) is 2. The molecule has 6 nitrogen and oxygen atoms in total. The summed E-state index contributed by atoms with van der Waals surface area (Å²) in [6.45, 7) is 3.00. The molecule has 2 fully saturated rings. The van der Waals surface area contributed by atoms with Crippen molar-refractivity contribution < 1.29 is 4.74 Å². The first kappa shape index (κ1) is 24.9. The smallest absolute Gasteiger partial charge is 0.250 e. The van der Waals surface area contributed by atoms with E-state index in [0.29, 0.717) is 25.3 Å². The Morgan fingerprint density at radius 1 is 0.946 bits per heavy atom. The zero-order valence-electron chi connectivity index (χ0n) is 21.5. The third-order valence-corrected chi connectivity index (χ3v) is 10.2. The minimum atomic E-state index is -0.0687. The number of H-pyrrole nitrogens is 1. The van der Waals surface area contributed by atoms with E-state index in [1.54, 1.807) is 17.8 Å². The Morgan fingerprint density at radius 3 is 2.54 bits per heavy atom. The topological polar surface area (TPSA) is 60.6 Å². The van der Waals surface area contributed by atoms with Crippen molar-refractivity contribution in [1.29, 1.82) is 0 Å². The second-order valence-electron chi connectivity index (χ2n) is 10.3. The molecule has 8 heteroatoms. The Labute approximate surface area is 227 Å². The number of fused-ring (bicyclic) bond motifs is 2. The molecule has 1 aromatic heterocycles. The molecule has 3 aromatic rings. The average Bonchev–Trinajstić information content (AvgIpc) is 2.92. The Morgan fingerprint density at radius 2 is 1.76 bits per heavy atom. The van der Waals surface area contributed by atoms with Gasteiger partial charge in [-0.2, -0.15) is 0 Å². The van der Waals surface area contributed by atoms with Gasteiger partial charge in [-0.3, -0.25) is 4.79 Å². The average molecular weight is 535 g/mol. The minimum Gasteiger partial charge on any atom is -0.382 e. The molecule has 2 aliphatic heterocycles. The van der Waals surface area contributed by atoms with Crippen LogP contribution in [0.2, 0.25) is 0 Å². The van der Waals surface area contributed by atoms with Crippen LogP contribution in [-0.2, 0) is 4.74 Å². The van der Waals surface area contributed by atoms with Gasteiger partial charge < -0.3 is 24.8 Å². The van der Waals surface area contributed by atoms with Gasteiger partial charge in [0, 0.05) is 67.8 Å². The van der Waals surface area contributed by atoms with Crippen LogP contribution in [0.5, 0.6) is 0 Å². The highest BCUT2D eigenvalue weighted by Crippen LogP contribution is 2.52. The summed E-state index contributed by atoms with van der Waals surface area (Å²) in [6.07, 6.45) is 4.95. The van der Waals surface area contributed by atoms with Crippen LogP contribution in [0.4, 0.5) is 11.4 Å². The van der Waals surface area contributed by atoms with E-state index >= 15 is 0 Å². The van der Waals surface area contributed by atoms with Gasteiger partial charge in [0.15, 0.2) is 0 Å². The van der Waals surface area contributed by atoms with Crippen LogP contribution in [0, 0.1) is 0 Å². The molecule has 0 bridgehead atoms. The number of aromatic nitrogens is 1. The number of anilines is 2. The van der Waals surface area contributed by atoms with Gasteiger partial charge in [0.1, 0.15) is 0 Å². The number of hydrogen-bond donors (Lipinski definition) is 2. The molecule has 1 saturated carbocycles. The molecule has 0 radical (unpaired) electrons.